The Morgan fingerprint density at radius 1 is 1.14 bits per heavy atom. The van der Waals surface area contributed by atoms with Crippen LogP contribution in [0.1, 0.15) is 56.3 Å². The first kappa shape index (κ1) is 31.1. The molecule has 11 heteroatoms. The van der Waals surface area contributed by atoms with E-state index < -0.39 is 54.0 Å². The number of nitrogens with two attached hydrogens (primary N) is 1. The molecular weight excluding hydrogens is 480 g/mol. The summed E-state index contributed by atoms with van der Waals surface area (Å²) in [6, 6.07) is 2.86. The Hall–Kier alpha value is -3.89. The number of nitrogens with zero attached hydrogens (tertiary/aromatic N) is 1. The average Bonchev–Trinajstić information content (AvgIpc) is 2.80. The molecule has 0 aliphatic carbocycles. The fourth-order valence-corrected chi connectivity index (χ4v) is 3.39. The molecule has 0 fully saturated rings. The first-order valence-electron chi connectivity index (χ1n) is 11.8. The summed E-state index contributed by atoms with van der Waals surface area (Å²) in [6.45, 7) is 12.0. The molecule has 37 heavy (non-hydrogen) atoms. The van der Waals surface area contributed by atoms with Crippen molar-refractivity contribution in [3.05, 3.63) is 47.5 Å². The molecule has 0 saturated heterocycles. The van der Waals surface area contributed by atoms with Gasteiger partial charge in [0.25, 0.3) is 0 Å². The molecule has 2 atom stereocenters. The van der Waals surface area contributed by atoms with Crippen LogP contribution in [0.2, 0.25) is 0 Å². The lowest BCUT2D eigenvalue weighted by Crippen LogP contribution is -2.53. The number of carbonyl (C=O) groups excluding carboxylic acids is 5. The molecule has 1 aromatic rings. The summed E-state index contributed by atoms with van der Waals surface area (Å²) < 4.78 is 9.87. The predicted octanol–water partition coefficient (Wildman–Crippen LogP) is 1.81. The van der Waals surface area contributed by atoms with Crippen LogP contribution < -0.4 is 16.4 Å². The van der Waals surface area contributed by atoms with E-state index in [0.717, 1.165) is 11.1 Å². The quantitative estimate of drug-likeness (QED) is 0.281. The van der Waals surface area contributed by atoms with Gasteiger partial charge in [0.2, 0.25) is 17.7 Å². The van der Waals surface area contributed by atoms with E-state index in [2.05, 4.69) is 21.9 Å². The van der Waals surface area contributed by atoms with Crippen molar-refractivity contribution in [1.82, 2.24) is 15.5 Å². The van der Waals surface area contributed by atoms with E-state index in [9.17, 15) is 24.0 Å². The van der Waals surface area contributed by atoms with Gasteiger partial charge in [0.1, 0.15) is 24.2 Å². The zero-order chi connectivity index (χ0) is 28.3. The lowest BCUT2D eigenvalue weighted by atomic mass is 9.98. The number of aryl methyl sites for hydroxylation is 2. The number of benzene rings is 1. The number of rotatable bonds is 12. The third kappa shape index (κ3) is 10.3. The van der Waals surface area contributed by atoms with Gasteiger partial charge in [-0.1, -0.05) is 24.3 Å². The van der Waals surface area contributed by atoms with E-state index in [4.69, 9.17) is 10.5 Å². The number of alkyl carbamates (subject to hydrolysis) is 1. The molecule has 1 rings (SSSR count). The fourth-order valence-electron chi connectivity index (χ4n) is 3.39. The molecule has 0 aliphatic rings. The number of carbonyl (C=O) groups is 5. The fraction of sp³-hybridized carbons (Fsp3) is 0.500. The van der Waals surface area contributed by atoms with E-state index in [1.807, 2.05) is 19.9 Å². The zero-order valence-corrected chi connectivity index (χ0v) is 22.4. The highest BCUT2D eigenvalue weighted by molar-refractivity contribution is 5.93. The molecule has 204 valence electrons. The monoisotopic (exact) mass is 518 g/mol. The highest BCUT2D eigenvalue weighted by atomic mass is 16.6. The number of methoxy groups -OCH3 is 1. The van der Waals surface area contributed by atoms with Gasteiger partial charge in [-0.05, 0) is 57.7 Å². The molecule has 4 amide bonds. The van der Waals surface area contributed by atoms with Crippen LogP contribution in [0, 0.1) is 13.8 Å². The number of ether oxygens (including phenoxy) is 2. The maximum Gasteiger partial charge on any atom is 0.408 e. The van der Waals surface area contributed by atoms with Crippen molar-refractivity contribution in [2.45, 2.75) is 65.1 Å². The number of nitrogens with one attached hydrogen (secondary N) is 2. The molecule has 0 spiro atoms. The summed E-state index contributed by atoms with van der Waals surface area (Å²) in [5.41, 5.74) is 6.79. The van der Waals surface area contributed by atoms with Gasteiger partial charge in [-0.25, -0.2) is 4.79 Å². The van der Waals surface area contributed by atoms with Crippen molar-refractivity contribution in [2.75, 3.05) is 20.2 Å². The maximum absolute atomic E-state index is 13.8. The summed E-state index contributed by atoms with van der Waals surface area (Å²) in [5, 5.41) is 4.99. The van der Waals surface area contributed by atoms with E-state index >= 15 is 0 Å². The van der Waals surface area contributed by atoms with E-state index in [1.54, 1.807) is 32.9 Å². The Morgan fingerprint density at radius 2 is 1.78 bits per heavy atom. The number of amides is 4. The van der Waals surface area contributed by atoms with E-state index in [1.165, 1.54) is 18.1 Å². The minimum Gasteiger partial charge on any atom is -0.468 e. The lowest BCUT2D eigenvalue weighted by molar-refractivity contribution is -0.144. The van der Waals surface area contributed by atoms with Gasteiger partial charge in [-0.3, -0.25) is 19.2 Å². The zero-order valence-electron chi connectivity index (χ0n) is 22.4. The van der Waals surface area contributed by atoms with Crippen LogP contribution in [-0.2, 0) is 28.7 Å². The summed E-state index contributed by atoms with van der Waals surface area (Å²) in [6.07, 6.45) is 0.242. The van der Waals surface area contributed by atoms with Gasteiger partial charge in [-0.15, -0.1) is 6.58 Å². The predicted molar refractivity (Wildman–Crippen MR) is 137 cm³/mol. The molecule has 0 heterocycles. The van der Waals surface area contributed by atoms with Gasteiger partial charge in [0.15, 0.2) is 0 Å². The Morgan fingerprint density at radius 3 is 2.30 bits per heavy atom. The SMILES string of the molecule is C=CCN(C(=O)C(CCC(N)=O)NC(=O)OC(C)(C)C)C(C(=O)NCC(=O)OC)c1ccc(C)c(C)c1. The molecule has 0 aliphatic heterocycles. The van der Waals surface area contributed by atoms with Crippen molar-refractivity contribution in [2.24, 2.45) is 5.73 Å². The highest BCUT2D eigenvalue weighted by Gasteiger charge is 2.36. The number of hydrogen-bond donors (Lipinski definition) is 3. The van der Waals surface area contributed by atoms with Crippen LogP contribution in [0.15, 0.2) is 30.9 Å². The van der Waals surface area contributed by atoms with Gasteiger partial charge < -0.3 is 30.7 Å². The van der Waals surface area contributed by atoms with E-state index in [0.29, 0.717) is 5.56 Å². The number of hydrogen-bond acceptors (Lipinski definition) is 7. The van der Waals surface area contributed by atoms with Crippen molar-refractivity contribution >= 4 is 29.8 Å². The van der Waals surface area contributed by atoms with Gasteiger partial charge in [-0.2, -0.15) is 0 Å². The van der Waals surface area contributed by atoms with Crippen LogP contribution >= 0.6 is 0 Å². The van der Waals surface area contributed by atoms with Crippen LogP contribution in [-0.4, -0.2) is 66.5 Å². The Balaban J connectivity index is 3.49. The second-order valence-electron chi connectivity index (χ2n) is 9.52. The largest absolute Gasteiger partial charge is 0.468 e. The van der Waals surface area contributed by atoms with Crippen LogP contribution in [0.4, 0.5) is 4.79 Å². The lowest BCUT2D eigenvalue weighted by Gasteiger charge is -2.34. The molecule has 0 aromatic heterocycles. The van der Waals surface area contributed by atoms with Crippen molar-refractivity contribution in [1.29, 1.82) is 0 Å². The van der Waals surface area contributed by atoms with Crippen LogP contribution in [0.5, 0.6) is 0 Å². The molecule has 0 bridgehead atoms. The molecule has 2 unspecified atom stereocenters. The van der Waals surface area contributed by atoms with Crippen molar-refractivity contribution in [3.8, 4) is 0 Å². The van der Waals surface area contributed by atoms with Crippen LogP contribution in [0.3, 0.4) is 0 Å². The molecule has 0 radical (unpaired) electrons. The number of primary amides is 1. The average molecular weight is 519 g/mol. The molecule has 11 nitrogen and oxygen atoms in total. The second-order valence-corrected chi connectivity index (χ2v) is 9.52. The molecule has 4 N–H and O–H groups in total. The topological polar surface area (TPSA) is 157 Å². The van der Waals surface area contributed by atoms with Gasteiger partial charge in [0.05, 0.1) is 7.11 Å². The minimum absolute atomic E-state index is 0.0782. The van der Waals surface area contributed by atoms with Gasteiger partial charge >= 0.3 is 12.1 Å². The normalized spacial score (nSPS) is 12.5. The van der Waals surface area contributed by atoms with Crippen LogP contribution in [0.25, 0.3) is 0 Å². The van der Waals surface area contributed by atoms with Gasteiger partial charge in [0, 0.05) is 13.0 Å². The Kier molecular flexibility index (Phi) is 11.8. The minimum atomic E-state index is -1.23. The summed E-state index contributed by atoms with van der Waals surface area (Å²) >= 11 is 0. The third-order valence-corrected chi connectivity index (χ3v) is 5.32. The summed E-state index contributed by atoms with van der Waals surface area (Å²) in [7, 11) is 1.19. The first-order chi connectivity index (χ1) is 17.2. The standard InChI is InChI=1S/C26H38N4O7/c1-8-13-30(24(34)19(11-12-20(27)31)29-25(35)37-26(4,5)6)22(23(33)28-15-21(32)36-7)18-10-9-16(2)17(3)14-18/h8-10,14,19,22H,1,11-13,15H2,2-7H3,(H2,27,31)(H,28,33)(H,29,35). The smallest absolute Gasteiger partial charge is 0.408 e. The molecular formula is C26H38N4O7. The first-order valence-corrected chi connectivity index (χ1v) is 11.8. The van der Waals surface area contributed by atoms with E-state index in [-0.39, 0.29) is 19.4 Å². The summed E-state index contributed by atoms with van der Waals surface area (Å²) in [4.78, 5) is 64.0. The maximum atomic E-state index is 13.8. The number of esters is 1. The Labute approximate surface area is 217 Å². The summed E-state index contributed by atoms with van der Waals surface area (Å²) in [5.74, 6) is -2.64. The molecule has 1 aromatic carbocycles. The molecule has 0 saturated carbocycles. The Bertz CT molecular complexity index is 1020. The third-order valence-electron chi connectivity index (χ3n) is 5.32. The highest BCUT2D eigenvalue weighted by Crippen LogP contribution is 2.25. The second kappa shape index (κ2) is 14.0. The van der Waals surface area contributed by atoms with Crippen molar-refractivity contribution in [3.63, 3.8) is 0 Å². The van der Waals surface area contributed by atoms with Crippen molar-refractivity contribution < 1.29 is 33.4 Å².